The van der Waals surface area contributed by atoms with Gasteiger partial charge in [-0.05, 0) is 80.5 Å². The summed E-state index contributed by atoms with van der Waals surface area (Å²) in [5.41, 5.74) is 0.290. The molecule has 0 spiro atoms. The van der Waals surface area contributed by atoms with Crippen LogP contribution in [0.25, 0.3) is 0 Å². The maximum Gasteiger partial charge on any atom is 0.302 e. The lowest BCUT2D eigenvalue weighted by Gasteiger charge is -2.61. The fourth-order valence-electron chi connectivity index (χ4n) is 8.13. The van der Waals surface area contributed by atoms with Crippen LogP contribution >= 0.6 is 0 Å². The highest BCUT2D eigenvalue weighted by atomic mass is 16.5. The Morgan fingerprint density at radius 1 is 0.931 bits per heavy atom. The minimum absolute atomic E-state index is 0.0437. The van der Waals surface area contributed by atoms with Gasteiger partial charge < -0.3 is 9.47 Å². The van der Waals surface area contributed by atoms with Gasteiger partial charge in [0, 0.05) is 19.3 Å². The number of carbonyl (C=O) groups is 2. The lowest BCUT2D eigenvalue weighted by molar-refractivity contribution is -0.175. The van der Waals surface area contributed by atoms with Gasteiger partial charge in [0.2, 0.25) is 0 Å². The summed E-state index contributed by atoms with van der Waals surface area (Å²) in [6, 6.07) is 0. The first kappa shape index (κ1) is 20.8. The molecular weight excluding hydrogens is 364 g/mol. The number of ether oxygens (including phenoxy) is 2. The van der Waals surface area contributed by atoms with Crippen molar-refractivity contribution in [3.05, 3.63) is 0 Å². The molecule has 4 rings (SSSR count). The Morgan fingerprint density at radius 2 is 1.62 bits per heavy atom. The van der Waals surface area contributed by atoms with E-state index in [4.69, 9.17) is 15.9 Å². The first-order valence-electron chi connectivity index (χ1n) is 11.5. The predicted molar refractivity (Wildman–Crippen MR) is 111 cm³/mol. The van der Waals surface area contributed by atoms with Crippen molar-refractivity contribution in [2.24, 2.45) is 40.4 Å². The highest BCUT2D eigenvalue weighted by Crippen LogP contribution is 2.67. The van der Waals surface area contributed by atoms with Gasteiger partial charge >= 0.3 is 11.9 Å². The number of rotatable bonds is 2. The van der Waals surface area contributed by atoms with E-state index in [9.17, 15) is 9.59 Å². The molecule has 9 atom stereocenters. The fraction of sp³-hybridized carbons (Fsp3) is 0.840. The first-order chi connectivity index (χ1) is 13.7. The molecule has 160 valence electrons. The minimum atomic E-state index is -0.221. The van der Waals surface area contributed by atoms with E-state index in [1.807, 2.05) is 0 Å². The third-order valence-corrected chi connectivity index (χ3v) is 9.45. The molecule has 0 aromatic carbocycles. The third kappa shape index (κ3) is 3.29. The largest absolute Gasteiger partial charge is 0.462 e. The van der Waals surface area contributed by atoms with Crippen molar-refractivity contribution in [3.8, 4) is 12.3 Å². The molecule has 0 unspecified atom stereocenters. The topological polar surface area (TPSA) is 52.6 Å². The molecule has 4 nitrogen and oxygen atoms in total. The Hall–Kier alpha value is -1.50. The Kier molecular flexibility index (Phi) is 5.24. The standard InChI is InChI=1S/C25H36O4/c1-6-17-13-18-7-8-19-20-9-10-23(29-16(3)27)24(20,4)12-11-21(19)25(18,5)14-22(17)28-15(2)26/h1,17-23H,7-14H2,2-5H3/t17-,18+,19-,20+,21+,22+,23+,24+,25+/m1/s1. The Morgan fingerprint density at radius 3 is 2.28 bits per heavy atom. The Balaban J connectivity index is 1.58. The summed E-state index contributed by atoms with van der Waals surface area (Å²) in [5, 5.41) is 0. The van der Waals surface area contributed by atoms with Gasteiger partial charge in [0.25, 0.3) is 0 Å². The molecule has 0 bridgehead atoms. The molecule has 0 radical (unpaired) electrons. The van der Waals surface area contributed by atoms with Crippen molar-refractivity contribution in [3.63, 3.8) is 0 Å². The second kappa shape index (κ2) is 7.33. The van der Waals surface area contributed by atoms with E-state index in [0.29, 0.717) is 23.7 Å². The number of hydrogen-bond donors (Lipinski definition) is 0. The van der Waals surface area contributed by atoms with Crippen LogP contribution < -0.4 is 0 Å². The minimum Gasteiger partial charge on any atom is -0.462 e. The molecule has 4 heteroatoms. The summed E-state index contributed by atoms with van der Waals surface area (Å²) in [6.45, 7) is 7.83. The number of terminal acetylenes is 1. The number of esters is 2. The maximum atomic E-state index is 11.7. The highest BCUT2D eigenvalue weighted by Gasteiger charge is 2.62. The van der Waals surface area contributed by atoms with E-state index in [-0.39, 0.29) is 40.9 Å². The summed E-state index contributed by atoms with van der Waals surface area (Å²) >= 11 is 0. The monoisotopic (exact) mass is 400 g/mol. The molecule has 4 aliphatic carbocycles. The quantitative estimate of drug-likeness (QED) is 0.496. The zero-order valence-electron chi connectivity index (χ0n) is 18.4. The normalized spacial score (nSPS) is 48.4. The first-order valence-corrected chi connectivity index (χ1v) is 11.5. The van der Waals surface area contributed by atoms with Crippen LogP contribution in [0.4, 0.5) is 0 Å². The van der Waals surface area contributed by atoms with Gasteiger partial charge in [-0.15, -0.1) is 6.42 Å². The van der Waals surface area contributed by atoms with E-state index in [2.05, 4.69) is 19.8 Å². The fourth-order valence-corrected chi connectivity index (χ4v) is 8.13. The second-order valence-electron chi connectivity index (χ2n) is 10.7. The molecule has 0 aromatic heterocycles. The van der Waals surface area contributed by atoms with E-state index in [0.717, 1.165) is 32.1 Å². The summed E-state index contributed by atoms with van der Waals surface area (Å²) in [7, 11) is 0. The van der Waals surface area contributed by atoms with Crippen LogP contribution in [0.3, 0.4) is 0 Å². The van der Waals surface area contributed by atoms with Gasteiger partial charge in [0.1, 0.15) is 12.2 Å². The maximum absolute atomic E-state index is 11.7. The lowest BCUT2D eigenvalue weighted by atomic mass is 9.44. The highest BCUT2D eigenvalue weighted by molar-refractivity contribution is 5.66. The van der Waals surface area contributed by atoms with Gasteiger partial charge in [0.15, 0.2) is 0 Å². The van der Waals surface area contributed by atoms with Crippen LogP contribution in [0.5, 0.6) is 0 Å². The van der Waals surface area contributed by atoms with Crippen LogP contribution in [0.2, 0.25) is 0 Å². The van der Waals surface area contributed by atoms with Crippen LogP contribution in [0.1, 0.15) is 79.1 Å². The summed E-state index contributed by atoms with van der Waals surface area (Å²) in [6.07, 6.45) is 14.6. The van der Waals surface area contributed by atoms with E-state index in [1.54, 1.807) is 0 Å². The molecular formula is C25H36O4. The van der Waals surface area contributed by atoms with Crippen molar-refractivity contribution in [2.75, 3.05) is 0 Å². The number of carbonyl (C=O) groups excluding carboxylic acids is 2. The van der Waals surface area contributed by atoms with Crippen LogP contribution in [0, 0.1) is 52.8 Å². The van der Waals surface area contributed by atoms with Crippen molar-refractivity contribution < 1.29 is 19.1 Å². The molecule has 0 saturated heterocycles. The SMILES string of the molecule is C#C[C@@H]1C[C@@H]2CC[C@H]3[C@H](CC[C@]4(C)[C@@H](OC(C)=O)CC[C@@H]34)[C@@]2(C)C[C@@H]1OC(C)=O. The second-order valence-corrected chi connectivity index (χ2v) is 10.7. The average molecular weight is 401 g/mol. The van der Waals surface area contributed by atoms with Crippen LogP contribution in [0.15, 0.2) is 0 Å². The average Bonchev–Trinajstić information content (AvgIpc) is 2.96. The van der Waals surface area contributed by atoms with E-state index < -0.39 is 0 Å². The molecule has 0 amide bonds. The Labute approximate surface area is 175 Å². The molecule has 0 aromatic rings. The van der Waals surface area contributed by atoms with Crippen LogP contribution in [-0.4, -0.2) is 24.1 Å². The van der Waals surface area contributed by atoms with Gasteiger partial charge in [-0.1, -0.05) is 19.8 Å². The third-order valence-electron chi connectivity index (χ3n) is 9.45. The van der Waals surface area contributed by atoms with Gasteiger partial charge in [-0.3, -0.25) is 9.59 Å². The molecule has 0 heterocycles. The van der Waals surface area contributed by atoms with Crippen molar-refractivity contribution in [1.82, 2.24) is 0 Å². The van der Waals surface area contributed by atoms with Crippen molar-refractivity contribution >= 4 is 11.9 Å². The summed E-state index contributed by atoms with van der Waals surface area (Å²) in [4.78, 5) is 23.3. The summed E-state index contributed by atoms with van der Waals surface area (Å²) in [5.74, 6) is 5.16. The molecule has 0 N–H and O–H groups in total. The smallest absolute Gasteiger partial charge is 0.302 e. The van der Waals surface area contributed by atoms with Gasteiger partial charge in [-0.25, -0.2) is 0 Å². The van der Waals surface area contributed by atoms with E-state index >= 15 is 0 Å². The number of hydrogen-bond acceptors (Lipinski definition) is 4. The molecule has 4 saturated carbocycles. The van der Waals surface area contributed by atoms with Gasteiger partial charge in [-0.2, -0.15) is 0 Å². The molecule has 4 aliphatic rings. The molecule has 0 aliphatic heterocycles. The molecule has 4 fully saturated rings. The molecule has 29 heavy (non-hydrogen) atoms. The van der Waals surface area contributed by atoms with Crippen molar-refractivity contribution in [2.45, 2.75) is 91.3 Å². The summed E-state index contributed by atoms with van der Waals surface area (Å²) < 4.78 is 11.5. The lowest BCUT2D eigenvalue weighted by Crippen LogP contribution is -2.56. The van der Waals surface area contributed by atoms with E-state index in [1.165, 1.54) is 33.1 Å². The number of fused-ring (bicyclic) bond motifs is 5. The van der Waals surface area contributed by atoms with Gasteiger partial charge in [0.05, 0.1) is 5.92 Å². The van der Waals surface area contributed by atoms with Crippen LogP contribution in [-0.2, 0) is 19.1 Å². The zero-order valence-corrected chi connectivity index (χ0v) is 18.4. The predicted octanol–water partition coefficient (Wildman–Crippen LogP) is 4.75. The van der Waals surface area contributed by atoms with Crippen molar-refractivity contribution in [1.29, 1.82) is 0 Å². The zero-order chi connectivity index (χ0) is 21.0. The Bertz CT molecular complexity index is 723.